The molecular weight excluding hydrogens is 206 g/mol. The van der Waals surface area contributed by atoms with Gasteiger partial charge in [-0.3, -0.25) is 0 Å². The van der Waals surface area contributed by atoms with E-state index in [0.717, 1.165) is 18.7 Å². The maximum absolute atomic E-state index is 8.78. The van der Waals surface area contributed by atoms with E-state index in [2.05, 4.69) is 12.2 Å². The summed E-state index contributed by atoms with van der Waals surface area (Å²) in [5.41, 5.74) is 1.04. The lowest BCUT2D eigenvalue weighted by Crippen LogP contribution is -2.14. The van der Waals surface area contributed by atoms with Crippen LogP contribution in [0.25, 0.3) is 0 Å². The Hall–Kier alpha value is -1.26. The maximum Gasteiger partial charge on any atom is 0.165 e. The molecule has 16 heavy (non-hydrogen) atoms. The van der Waals surface area contributed by atoms with Gasteiger partial charge < -0.3 is 19.9 Å². The molecule has 1 rings (SSSR count). The van der Waals surface area contributed by atoms with Crippen LogP contribution in [0, 0.1) is 0 Å². The summed E-state index contributed by atoms with van der Waals surface area (Å²) in [7, 11) is 1.61. The summed E-state index contributed by atoms with van der Waals surface area (Å²) in [6.07, 6.45) is 0. The zero-order valence-electron chi connectivity index (χ0n) is 9.82. The minimum atomic E-state index is -0.00129. The number of benzene rings is 1. The average molecular weight is 225 g/mol. The van der Waals surface area contributed by atoms with Gasteiger partial charge in [0.1, 0.15) is 6.61 Å². The lowest BCUT2D eigenvalue weighted by atomic mass is 10.2. The van der Waals surface area contributed by atoms with Crippen molar-refractivity contribution in [3.8, 4) is 11.5 Å². The summed E-state index contributed by atoms with van der Waals surface area (Å²) in [6.45, 7) is 3.96. The summed E-state index contributed by atoms with van der Waals surface area (Å²) in [4.78, 5) is 0. The molecule has 0 amide bonds. The monoisotopic (exact) mass is 225 g/mol. The van der Waals surface area contributed by atoms with Crippen LogP contribution < -0.4 is 14.8 Å². The first-order chi connectivity index (χ1) is 7.83. The van der Waals surface area contributed by atoms with E-state index in [-0.39, 0.29) is 13.2 Å². The van der Waals surface area contributed by atoms with Crippen molar-refractivity contribution in [1.82, 2.24) is 5.32 Å². The number of methoxy groups -OCH3 is 1. The predicted molar refractivity (Wildman–Crippen MR) is 63.0 cm³/mol. The standard InChI is InChI=1S/C12H19NO3/c1-3-13-9-10-5-4-6-11(15-2)12(10)16-8-7-14/h4-6,13-14H,3,7-9H2,1-2H3. The number of hydrogen-bond acceptors (Lipinski definition) is 4. The molecule has 1 aromatic rings. The van der Waals surface area contributed by atoms with E-state index in [4.69, 9.17) is 14.6 Å². The van der Waals surface area contributed by atoms with Crippen molar-refractivity contribution >= 4 is 0 Å². The molecule has 0 unspecified atom stereocenters. The molecule has 0 heterocycles. The first-order valence-electron chi connectivity index (χ1n) is 5.43. The van der Waals surface area contributed by atoms with Crippen molar-refractivity contribution in [2.45, 2.75) is 13.5 Å². The van der Waals surface area contributed by atoms with Gasteiger partial charge in [-0.2, -0.15) is 0 Å². The van der Waals surface area contributed by atoms with Crippen molar-refractivity contribution in [2.24, 2.45) is 0 Å². The van der Waals surface area contributed by atoms with Crippen LogP contribution in [0.15, 0.2) is 18.2 Å². The number of ether oxygens (including phenoxy) is 2. The van der Waals surface area contributed by atoms with Gasteiger partial charge in [-0.15, -0.1) is 0 Å². The van der Waals surface area contributed by atoms with Crippen LogP contribution in [0.5, 0.6) is 11.5 Å². The SMILES string of the molecule is CCNCc1cccc(OC)c1OCCO. The van der Waals surface area contributed by atoms with Crippen LogP contribution in [0.3, 0.4) is 0 Å². The first-order valence-corrected chi connectivity index (χ1v) is 5.43. The number of rotatable bonds is 7. The number of nitrogens with one attached hydrogen (secondary N) is 1. The minimum Gasteiger partial charge on any atom is -0.493 e. The third kappa shape index (κ3) is 3.40. The molecule has 0 saturated carbocycles. The molecule has 4 heteroatoms. The van der Waals surface area contributed by atoms with Gasteiger partial charge in [0.15, 0.2) is 11.5 Å². The fourth-order valence-electron chi connectivity index (χ4n) is 1.43. The lowest BCUT2D eigenvalue weighted by Gasteiger charge is -2.14. The highest BCUT2D eigenvalue weighted by atomic mass is 16.5. The molecule has 0 bridgehead atoms. The van der Waals surface area contributed by atoms with Crippen LogP contribution in [-0.2, 0) is 6.54 Å². The first kappa shape index (κ1) is 12.8. The highest BCUT2D eigenvalue weighted by molar-refractivity contribution is 5.46. The van der Waals surface area contributed by atoms with E-state index in [1.54, 1.807) is 7.11 Å². The number of para-hydroxylation sites is 1. The average Bonchev–Trinajstić information content (AvgIpc) is 2.33. The minimum absolute atomic E-state index is 0.00129. The maximum atomic E-state index is 8.78. The van der Waals surface area contributed by atoms with Gasteiger partial charge in [0.25, 0.3) is 0 Å². The lowest BCUT2D eigenvalue weighted by molar-refractivity contribution is 0.195. The van der Waals surface area contributed by atoms with E-state index in [0.29, 0.717) is 11.5 Å². The molecule has 4 nitrogen and oxygen atoms in total. The third-order valence-electron chi connectivity index (χ3n) is 2.18. The van der Waals surface area contributed by atoms with Crippen molar-refractivity contribution < 1.29 is 14.6 Å². The van der Waals surface area contributed by atoms with E-state index < -0.39 is 0 Å². The smallest absolute Gasteiger partial charge is 0.165 e. The Balaban J connectivity index is 2.86. The molecule has 2 N–H and O–H groups in total. The van der Waals surface area contributed by atoms with E-state index >= 15 is 0 Å². The Morgan fingerprint density at radius 3 is 2.81 bits per heavy atom. The summed E-state index contributed by atoms with van der Waals surface area (Å²) in [5, 5.41) is 12.0. The highest BCUT2D eigenvalue weighted by Gasteiger charge is 2.09. The van der Waals surface area contributed by atoms with Gasteiger partial charge in [-0.1, -0.05) is 19.1 Å². The Labute approximate surface area is 96.2 Å². The fraction of sp³-hybridized carbons (Fsp3) is 0.500. The van der Waals surface area contributed by atoms with Crippen LogP contribution in [0.1, 0.15) is 12.5 Å². The van der Waals surface area contributed by atoms with Crippen LogP contribution >= 0.6 is 0 Å². The molecule has 0 aliphatic heterocycles. The molecule has 0 radical (unpaired) electrons. The second-order valence-electron chi connectivity index (χ2n) is 3.30. The molecule has 0 saturated heterocycles. The quantitative estimate of drug-likeness (QED) is 0.731. The van der Waals surface area contributed by atoms with Gasteiger partial charge in [-0.25, -0.2) is 0 Å². The Bertz CT molecular complexity index is 315. The van der Waals surface area contributed by atoms with Gasteiger partial charge in [0.05, 0.1) is 13.7 Å². The Morgan fingerprint density at radius 1 is 1.38 bits per heavy atom. The molecule has 0 aliphatic carbocycles. The van der Waals surface area contributed by atoms with Crippen molar-refractivity contribution in [2.75, 3.05) is 26.9 Å². The summed E-state index contributed by atoms with van der Waals surface area (Å²) in [6, 6.07) is 5.76. The van der Waals surface area contributed by atoms with E-state index in [1.807, 2.05) is 18.2 Å². The third-order valence-corrected chi connectivity index (χ3v) is 2.18. The number of hydrogen-bond donors (Lipinski definition) is 2. The predicted octanol–water partition coefficient (Wildman–Crippen LogP) is 1.18. The number of aliphatic hydroxyl groups excluding tert-OH is 1. The van der Waals surface area contributed by atoms with Crippen LogP contribution in [0.4, 0.5) is 0 Å². The number of aliphatic hydroxyl groups is 1. The molecule has 0 atom stereocenters. The summed E-state index contributed by atoms with van der Waals surface area (Å²) in [5.74, 6) is 1.41. The highest BCUT2D eigenvalue weighted by Crippen LogP contribution is 2.30. The molecule has 0 spiro atoms. The topological polar surface area (TPSA) is 50.7 Å². The van der Waals surface area contributed by atoms with Crippen LogP contribution in [-0.4, -0.2) is 32.0 Å². The molecule has 0 aromatic heterocycles. The van der Waals surface area contributed by atoms with Gasteiger partial charge >= 0.3 is 0 Å². The normalized spacial score (nSPS) is 10.2. The molecule has 0 aliphatic rings. The van der Waals surface area contributed by atoms with Crippen molar-refractivity contribution in [3.05, 3.63) is 23.8 Å². The van der Waals surface area contributed by atoms with Gasteiger partial charge in [0.2, 0.25) is 0 Å². The molecule has 90 valence electrons. The second-order valence-corrected chi connectivity index (χ2v) is 3.30. The van der Waals surface area contributed by atoms with Crippen LogP contribution in [0.2, 0.25) is 0 Å². The van der Waals surface area contributed by atoms with Crippen molar-refractivity contribution in [3.63, 3.8) is 0 Å². The summed E-state index contributed by atoms with van der Waals surface area (Å²) >= 11 is 0. The van der Waals surface area contributed by atoms with Gasteiger partial charge in [0, 0.05) is 12.1 Å². The van der Waals surface area contributed by atoms with Gasteiger partial charge in [-0.05, 0) is 12.6 Å². The zero-order valence-corrected chi connectivity index (χ0v) is 9.82. The van der Waals surface area contributed by atoms with Crippen molar-refractivity contribution in [1.29, 1.82) is 0 Å². The van der Waals surface area contributed by atoms with E-state index in [9.17, 15) is 0 Å². The molecule has 0 fully saturated rings. The fourth-order valence-corrected chi connectivity index (χ4v) is 1.43. The molecule has 1 aromatic carbocycles. The largest absolute Gasteiger partial charge is 0.493 e. The second kappa shape index (κ2) is 7.09. The Kier molecular flexibility index (Phi) is 5.67. The van der Waals surface area contributed by atoms with E-state index in [1.165, 1.54) is 0 Å². The zero-order chi connectivity index (χ0) is 11.8. The molecular formula is C12H19NO3. The summed E-state index contributed by atoms with van der Waals surface area (Å²) < 4.78 is 10.7. The Morgan fingerprint density at radius 2 is 2.19 bits per heavy atom.